The number of aryl methyl sites for hydroxylation is 2. The Balaban J connectivity index is 1.99. The molecule has 1 heterocycles. The van der Waals surface area contributed by atoms with E-state index in [-0.39, 0.29) is 11.4 Å². The van der Waals surface area contributed by atoms with Gasteiger partial charge in [0.25, 0.3) is 0 Å². The summed E-state index contributed by atoms with van der Waals surface area (Å²) in [5.74, 6) is -0.466. The first-order chi connectivity index (χ1) is 9.38. The minimum Gasteiger partial charge on any atom is -0.268 e. The number of nitrogens with one attached hydrogen (secondary N) is 1. The van der Waals surface area contributed by atoms with Gasteiger partial charge < -0.3 is 0 Å². The van der Waals surface area contributed by atoms with Gasteiger partial charge in [0.2, 0.25) is 10.0 Å². The number of halogens is 1. The van der Waals surface area contributed by atoms with Crippen LogP contribution < -0.4 is 4.72 Å². The Kier molecular flexibility index (Phi) is 4.20. The fourth-order valence-corrected chi connectivity index (χ4v) is 2.91. The molecule has 0 fully saturated rings. The summed E-state index contributed by atoms with van der Waals surface area (Å²) in [5, 5.41) is 4.25. The van der Waals surface area contributed by atoms with Gasteiger partial charge in [-0.1, -0.05) is 0 Å². The van der Waals surface area contributed by atoms with E-state index in [0.717, 1.165) is 23.5 Å². The van der Waals surface area contributed by atoms with Crippen LogP contribution in [0.3, 0.4) is 0 Å². The molecular weight excluding hydrogens is 281 g/mol. The van der Waals surface area contributed by atoms with E-state index in [0.29, 0.717) is 6.54 Å². The Bertz CT molecular complexity index is 693. The van der Waals surface area contributed by atoms with Crippen LogP contribution in [0, 0.1) is 19.7 Å². The van der Waals surface area contributed by atoms with Gasteiger partial charge in [0, 0.05) is 12.2 Å². The van der Waals surface area contributed by atoms with Crippen LogP contribution in [0.15, 0.2) is 35.2 Å². The summed E-state index contributed by atoms with van der Waals surface area (Å²) in [6.45, 7) is 4.46. The molecule has 1 N–H and O–H groups in total. The quantitative estimate of drug-likeness (QED) is 0.912. The van der Waals surface area contributed by atoms with Gasteiger partial charge in [0.15, 0.2) is 0 Å². The van der Waals surface area contributed by atoms with Gasteiger partial charge in [-0.05, 0) is 44.2 Å². The summed E-state index contributed by atoms with van der Waals surface area (Å²) in [5.41, 5.74) is 1.87. The summed E-state index contributed by atoms with van der Waals surface area (Å²) in [6.07, 6.45) is 0. The van der Waals surface area contributed by atoms with E-state index in [1.807, 2.05) is 19.9 Å². The highest BCUT2D eigenvalue weighted by Gasteiger charge is 2.13. The molecule has 0 amide bonds. The molecular formula is C13H16FN3O2S. The Morgan fingerprint density at radius 3 is 2.45 bits per heavy atom. The van der Waals surface area contributed by atoms with E-state index in [1.54, 1.807) is 4.68 Å². The number of hydrogen-bond acceptors (Lipinski definition) is 3. The number of hydrogen-bond donors (Lipinski definition) is 1. The van der Waals surface area contributed by atoms with Crippen molar-refractivity contribution in [3.8, 4) is 0 Å². The number of benzene rings is 1. The SMILES string of the molecule is Cc1cc(C)n(CCNS(=O)(=O)c2ccc(F)cc2)n1. The largest absolute Gasteiger partial charge is 0.268 e. The maximum absolute atomic E-state index is 12.8. The maximum atomic E-state index is 12.8. The molecule has 0 aliphatic carbocycles. The van der Waals surface area contributed by atoms with Gasteiger partial charge in [-0.3, -0.25) is 4.68 Å². The molecule has 20 heavy (non-hydrogen) atoms. The third kappa shape index (κ3) is 3.43. The number of nitrogens with zero attached hydrogens (tertiary/aromatic N) is 2. The zero-order valence-corrected chi connectivity index (χ0v) is 12.1. The highest BCUT2D eigenvalue weighted by atomic mass is 32.2. The topological polar surface area (TPSA) is 64.0 Å². The molecule has 0 radical (unpaired) electrons. The lowest BCUT2D eigenvalue weighted by molar-refractivity contribution is 0.554. The van der Waals surface area contributed by atoms with Gasteiger partial charge >= 0.3 is 0 Å². The van der Waals surface area contributed by atoms with Crippen molar-refractivity contribution in [1.29, 1.82) is 0 Å². The molecule has 108 valence electrons. The van der Waals surface area contributed by atoms with Gasteiger partial charge in [-0.25, -0.2) is 17.5 Å². The first-order valence-corrected chi connectivity index (χ1v) is 7.63. The Labute approximate surface area is 117 Å². The van der Waals surface area contributed by atoms with Crippen molar-refractivity contribution in [2.45, 2.75) is 25.3 Å². The molecule has 1 aromatic heterocycles. The van der Waals surface area contributed by atoms with E-state index in [4.69, 9.17) is 0 Å². The molecule has 0 aliphatic rings. The van der Waals surface area contributed by atoms with E-state index in [9.17, 15) is 12.8 Å². The van der Waals surface area contributed by atoms with Crippen molar-refractivity contribution in [2.24, 2.45) is 0 Å². The molecule has 0 bridgehead atoms. The maximum Gasteiger partial charge on any atom is 0.240 e. The van der Waals surface area contributed by atoms with E-state index in [1.165, 1.54) is 12.1 Å². The Morgan fingerprint density at radius 2 is 1.90 bits per heavy atom. The highest BCUT2D eigenvalue weighted by Crippen LogP contribution is 2.09. The van der Waals surface area contributed by atoms with E-state index >= 15 is 0 Å². The normalized spacial score (nSPS) is 11.8. The third-order valence-corrected chi connectivity index (χ3v) is 4.32. The monoisotopic (exact) mass is 297 g/mol. The van der Waals surface area contributed by atoms with Crippen LogP contribution in [0.25, 0.3) is 0 Å². The van der Waals surface area contributed by atoms with Gasteiger partial charge in [0.05, 0.1) is 17.1 Å². The van der Waals surface area contributed by atoms with E-state index < -0.39 is 15.8 Å². The smallest absolute Gasteiger partial charge is 0.240 e. The predicted molar refractivity (Wildman–Crippen MR) is 73.3 cm³/mol. The minimum atomic E-state index is -3.61. The van der Waals surface area contributed by atoms with Crippen LogP contribution in [0.4, 0.5) is 4.39 Å². The molecule has 2 aromatic rings. The number of aromatic nitrogens is 2. The summed E-state index contributed by atoms with van der Waals surface area (Å²) < 4.78 is 40.9. The lowest BCUT2D eigenvalue weighted by Crippen LogP contribution is -2.28. The molecule has 7 heteroatoms. The van der Waals surface area contributed by atoms with Crippen molar-refractivity contribution in [2.75, 3.05) is 6.54 Å². The van der Waals surface area contributed by atoms with Crippen LogP contribution in [0.5, 0.6) is 0 Å². The second-order valence-corrected chi connectivity index (χ2v) is 6.27. The molecule has 1 aromatic carbocycles. The Hall–Kier alpha value is -1.73. The fourth-order valence-electron chi connectivity index (χ4n) is 1.88. The standard InChI is InChI=1S/C13H16FN3O2S/c1-10-9-11(2)17(16-10)8-7-15-20(18,19)13-5-3-12(14)4-6-13/h3-6,9,15H,7-8H2,1-2H3. The first kappa shape index (κ1) is 14.7. The number of rotatable bonds is 5. The third-order valence-electron chi connectivity index (χ3n) is 2.84. The van der Waals surface area contributed by atoms with Crippen molar-refractivity contribution in [3.63, 3.8) is 0 Å². The lowest BCUT2D eigenvalue weighted by atomic mass is 10.4. The molecule has 2 rings (SSSR count). The van der Waals surface area contributed by atoms with Crippen LogP contribution >= 0.6 is 0 Å². The van der Waals surface area contributed by atoms with Crippen LogP contribution in [-0.4, -0.2) is 24.7 Å². The first-order valence-electron chi connectivity index (χ1n) is 6.15. The van der Waals surface area contributed by atoms with Gasteiger partial charge in [-0.2, -0.15) is 5.10 Å². The summed E-state index contributed by atoms with van der Waals surface area (Å²) in [7, 11) is -3.61. The highest BCUT2D eigenvalue weighted by molar-refractivity contribution is 7.89. The minimum absolute atomic E-state index is 0.0484. The molecule has 0 aliphatic heterocycles. The summed E-state index contributed by atoms with van der Waals surface area (Å²) >= 11 is 0. The molecule has 0 saturated heterocycles. The average molecular weight is 297 g/mol. The lowest BCUT2D eigenvalue weighted by Gasteiger charge is -2.08. The molecule has 0 spiro atoms. The molecule has 5 nitrogen and oxygen atoms in total. The van der Waals surface area contributed by atoms with Crippen LogP contribution in [-0.2, 0) is 16.6 Å². The van der Waals surface area contributed by atoms with Gasteiger partial charge in [0.1, 0.15) is 5.82 Å². The van der Waals surface area contributed by atoms with Crippen molar-refractivity contribution in [3.05, 3.63) is 47.5 Å². The van der Waals surface area contributed by atoms with Crippen LogP contribution in [0.1, 0.15) is 11.4 Å². The second-order valence-electron chi connectivity index (χ2n) is 4.50. The fraction of sp³-hybridized carbons (Fsp3) is 0.308. The average Bonchev–Trinajstić information content (AvgIpc) is 2.68. The van der Waals surface area contributed by atoms with Crippen molar-refractivity contribution >= 4 is 10.0 Å². The molecule has 0 saturated carbocycles. The summed E-state index contributed by atoms with van der Waals surface area (Å²) in [6, 6.07) is 6.64. The zero-order valence-electron chi connectivity index (χ0n) is 11.3. The molecule has 0 unspecified atom stereocenters. The zero-order chi connectivity index (χ0) is 14.8. The molecule has 0 atom stereocenters. The van der Waals surface area contributed by atoms with Crippen molar-refractivity contribution < 1.29 is 12.8 Å². The second kappa shape index (κ2) is 5.72. The van der Waals surface area contributed by atoms with Gasteiger partial charge in [-0.15, -0.1) is 0 Å². The predicted octanol–water partition coefficient (Wildman–Crippen LogP) is 1.62. The van der Waals surface area contributed by atoms with Crippen LogP contribution in [0.2, 0.25) is 0 Å². The van der Waals surface area contributed by atoms with Crippen molar-refractivity contribution in [1.82, 2.24) is 14.5 Å². The summed E-state index contributed by atoms with van der Waals surface area (Å²) in [4.78, 5) is 0.0484. The van der Waals surface area contributed by atoms with E-state index in [2.05, 4.69) is 9.82 Å². The Morgan fingerprint density at radius 1 is 1.25 bits per heavy atom. The number of sulfonamides is 1.